The van der Waals surface area contributed by atoms with Crippen molar-refractivity contribution in [3.8, 4) is 0 Å². The minimum absolute atomic E-state index is 0.0164. The molecule has 0 saturated heterocycles. The van der Waals surface area contributed by atoms with E-state index < -0.39 is 11.6 Å². The third-order valence-electron chi connectivity index (χ3n) is 4.33. The van der Waals surface area contributed by atoms with E-state index in [1.165, 1.54) is 31.4 Å². The van der Waals surface area contributed by atoms with Gasteiger partial charge in [-0.05, 0) is 42.4 Å². The zero-order chi connectivity index (χ0) is 13.2. The zero-order valence-corrected chi connectivity index (χ0v) is 10.9. The summed E-state index contributed by atoms with van der Waals surface area (Å²) in [6, 6.07) is 4.09. The summed E-state index contributed by atoms with van der Waals surface area (Å²) in [6.07, 6.45) is 6.63. The Kier molecular flexibility index (Phi) is 4.00. The van der Waals surface area contributed by atoms with Gasteiger partial charge >= 0.3 is 0 Å². The Hall–Kier alpha value is -0.960. The van der Waals surface area contributed by atoms with E-state index in [0.717, 1.165) is 18.4 Å². The second-order valence-electron chi connectivity index (χ2n) is 5.77. The Morgan fingerprint density at radius 3 is 2.44 bits per heavy atom. The predicted molar refractivity (Wildman–Crippen MR) is 69.2 cm³/mol. The van der Waals surface area contributed by atoms with E-state index in [-0.39, 0.29) is 11.5 Å². The van der Waals surface area contributed by atoms with Crippen LogP contribution in [0.5, 0.6) is 0 Å². The fourth-order valence-electron chi connectivity index (χ4n) is 2.90. The van der Waals surface area contributed by atoms with Crippen molar-refractivity contribution in [2.75, 3.05) is 0 Å². The Morgan fingerprint density at radius 2 is 1.83 bits per heavy atom. The highest BCUT2D eigenvalue weighted by Crippen LogP contribution is 2.38. The minimum Gasteiger partial charge on any atom is -0.327 e. The molecule has 18 heavy (non-hydrogen) atoms. The molecule has 1 fully saturated rings. The molecule has 2 rings (SSSR count). The van der Waals surface area contributed by atoms with E-state index >= 15 is 0 Å². The first-order valence-electron chi connectivity index (χ1n) is 6.71. The van der Waals surface area contributed by atoms with Gasteiger partial charge in [0.05, 0.1) is 0 Å². The fraction of sp³-hybridized carbons (Fsp3) is 0.600. The minimum atomic E-state index is -0.795. The lowest BCUT2D eigenvalue weighted by Gasteiger charge is -2.39. The number of benzene rings is 1. The predicted octanol–water partition coefficient (Wildman–Crippen LogP) is 3.81. The van der Waals surface area contributed by atoms with Crippen LogP contribution in [0.3, 0.4) is 0 Å². The summed E-state index contributed by atoms with van der Waals surface area (Å²) in [5.74, 6) is -1.58. The van der Waals surface area contributed by atoms with E-state index in [1.54, 1.807) is 6.07 Å². The molecule has 0 aliphatic heterocycles. The van der Waals surface area contributed by atoms with Crippen LogP contribution in [0.1, 0.15) is 44.6 Å². The molecule has 3 heteroatoms. The van der Waals surface area contributed by atoms with Crippen LogP contribution >= 0.6 is 0 Å². The van der Waals surface area contributed by atoms with Crippen LogP contribution in [0, 0.1) is 17.0 Å². The zero-order valence-electron chi connectivity index (χ0n) is 10.9. The van der Waals surface area contributed by atoms with E-state index in [9.17, 15) is 8.78 Å². The third-order valence-corrected chi connectivity index (χ3v) is 4.33. The maximum atomic E-state index is 13.2. The molecule has 0 spiro atoms. The molecule has 2 N–H and O–H groups in total. The van der Waals surface area contributed by atoms with Crippen molar-refractivity contribution in [3.63, 3.8) is 0 Å². The second-order valence-corrected chi connectivity index (χ2v) is 5.77. The Labute approximate surface area is 107 Å². The molecule has 0 heterocycles. The molecule has 0 bridgehead atoms. The molecule has 1 aromatic carbocycles. The molecule has 0 aromatic heterocycles. The lowest BCUT2D eigenvalue weighted by atomic mass is 9.69. The summed E-state index contributed by atoms with van der Waals surface area (Å²) >= 11 is 0. The molecule has 100 valence electrons. The van der Waals surface area contributed by atoms with Gasteiger partial charge in [-0.3, -0.25) is 0 Å². The lowest BCUT2D eigenvalue weighted by molar-refractivity contribution is 0.168. The molecule has 0 amide bonds. The number of rotatable bonds is 3. The standard InChI is InChI=1S/C15H21F2N/c1-15(7-3-2-4-8-15)14(18)10-11-5-6-12(16)13(17)9-11/h5-6,9,14H,2-4,7-8,10,18H2,1H3. The summed E-state index contributed by atoms with van der Waals surface area (Å²) in [6.45, 7) is 2.22. The highest BCUT2D eigenvalue weighted by molar-refractivity contribution is 5.19. The van der Waals surface area contributed by atoms with Crippen LogP contribution in [0.2, 0.25) is 0 Å². The van der Waals surface area contributed by atoms with Crippen molar-refractivity contribution < 1.29 is 8.78 Å². The van der Waals surface area contributed by atoms with Gasteiger partial charge in [0.2, 0.25) is 0 Å². The summed E-state index contributed by atoms with van der Waals surface area (Å²) in [7, 11) is 0. The van der Waals surface area contributed by atoms with Crippen LogP contribution in [0.4, 0.5) is 8.78 Å². The van der Waals surface area contributed by atoms with Gasteiger partial charge in [-0.1, -0.05) is 32.3 Å². The number of hydrogen-bond donors (Lipinski definition) is 1. The van der Waals surface area contributed by atoms with Gasteiger partial charge in [0.25, 0.3) is 0 Å². The monoisotopic (exact) mass is 253 g/mol. The third kappa shape index (κ3) is 2.89. The van der Waals surface area contributed by atoms with Gasteiger partial charge in [-0.25, -0.2) is 8.78 Å². The largest absolute Gasteiger partial charge is 0.327 e. The molecule has 1 aliphatic carbocycles. The SMILES string of the molecule is CC1(C(N)Cc2ccc(F)c(F)c2)CCCCC1. The van der Waals surface area contributed by atoms with Crippen molar-refractivity contribution in [1.82, 2.24) is 0 Å². The highest BCUT2D eigenvalue weighted by atomic mass is 19.2. The van der Waals surface area contributed by atoms with E-state index in [2.05, 4.69) is 6.92 Å². The molecule has 1 atom stereocenters. The molecule has 1 aliphatic rings. The summed E-state index contributed by atoms with van der Waals surface area (Å²) in [4.78, 5) is 0. The second kappa shape index (κ2) is 5.35. The Bertz CT molecular complexity index is 411. The van der Waals surface area contributed by atoms with Crippen LogP contribution in [-0.2, 0) is 6.42 Å². The van der Waals surface area contributed by atoms with Crippen molar-refractivity contribution >= 4 is 0 Å². The average Bonchev–Trinajstić information content (AvgIpc) is 2.35. The Morgan fingerprint density at radius 1 is 1.17 bits per heavy atom. The summed E-state index contributed by atoms with van der Waals surface area (Å²) in [5.41, 5.74) is 7.21. The van der Waals surface area contributed by atoms with E-state index in [0.29, 0.717) is 6.42 Å². The first-order chi connectivity index (χ1) is 8.51. The van der Waals surface area contributed by atoms with Gasteiger partial charge in [0.1, 0.15) is 0 Å². The number of halogens is 2. The lowest BCUT2D eigenvalue weighted by Crippen LogP contribution is -2.42. The smallest absolute Gasteiger partial charge is 0.159 e. The molecular formula is C15H21F2N. The van der Waals surface area contributed by atoms with Crippen molar-refractivity contribution in [3.05, 3.63) is 35.4 Å². The van der Waals surface area contributed by atoms with Crippen LogP contribution in [0.25, 0.3) is 0 Å². The molecule has 1 saturated carbocycles. The Balaban J connectivity index is 2.05. The van der Waals surface area contributed by atoms with Gasteiger partial charge in [-0.15, -0.1) is 0 Å². The first kappa shape index (κ1) is 13.5. The van der Waals surface area contributed by atoms with Crippen molar-refractivity contribution in [2.24, 2.45) is 11.1 Å². The number of nitrogens with two attached hydrogens (primary N) is 1. The first-order valence-corrected chi connectivity index (χ1v) is 6.71. The number of hydrogen-bond acceptors (Lipinski definition) is 1. The average molecular weight is 253 g/mol. The van der Waals surface area contributed by atoms with E-state index in [1.807, 2.05) is 0 Å². The fourth-order valence-corrected chi connectivity index (χ4v) is 2.90. The highest BCUT2D eigenvalue weighted by Gasteiger charge is 2.33. The van der Waals surface area contributed by atoms with Crippen molar-refractivity contribution in [1.29, 1.82) is 0 Å². The summed E-state index contributed by atoms with van der Waals surface area (Å²) < 4.78 is 26.0. The summed E-state index contributed by atoms with van der Waals surface area (Å²) in [5, 5.41) is 0. The van der Waals surface area contributed by atoms with E-state index in [4.69, 9.17) is 5.73 Å². The maximum Gasteiger partial charge on any atom is 0.159 e. The van der Waals surface area contributed by atoms with Crippen LogP contribution in [0.15, 0.2) is 18.2 Å². The molecule has 1 unspecified atom stereocenters. The van der Waals surface area contributed by atoms with Gasteiger partial charge < -0.3 is 5.73 Å². The molecule has 0 radical (unpaired) electrons. The quantitative estimate of drug-likeness (QED) is 0.871. The van der Waals surface area contributed by atoms with Crippen LogP contribution < -0.4 is 5.73 Å². The van der Waals surface area contributed by atoms with Gasteiger partial charge in [-0.2, -0.15) is 0 Å². The topological polar surface area (TPSA) is 26.0 Å². The molecule has 1 aromatic rings. The molecule has 1 nitrogen and oxygen atoms in total. The van der Waals surface area contributed by atoms with Gasteiger partial charge in [0.15, 0.2) is 11.6 Å². The maximum absolute atomic E-state index is 13.2. The normalized spacial score (nSPS) is 20.7. The van der Waals surface area contributed by atoms with Crippen molar-refractivity contribution in [2.45, 2.75) is 51.5 Å². The van der Waals surface area contributed by atoms with Gasteiger partial charge in [0, 0.05) is 6.04 Å². The molecular weight excluding hydrogens is 232 g/mol. The van der Waals surface area contributed by atoms with Crippen LogP contribution in [-0.4, -0.2) is 6.04 Å².